The molecule has 0 radical (unpaired) electrons. The predicted octanol–water partition coefficient (Wildman–Crippen LogP) is 5.15. The number of carbonyl (C=O) groups excluding carboxylic acids is 2. The molecule has 5 nitrogen and oxygen atoms in total. The van der Waals surface area contributed by atoms with E-state index in [1.807, 2.05) is 0 Å². The SMILES string of the molecule is CCOC(=O)c1c(NC(=O)c2ccc(OC)cc2)sc(Br)c1CC(C)C. The van der Waals surface area contributed by atoms with E-state index < -0.39 is 5.97 Å². The first-order valence-electron chi connectivity index (χ1n) is 8.31. The van der Waals surface area contributed by atoms with Crippen LogP contribution < -0.4 is 10.1 Å². The fourth-order valence-corrected chi connectivity index (χ4v) is 4.24. The van der Waals surface area contributed by atoms with E-state index in [9.17, 15) is 9.59 Å². The van der Waals surface area contributed by atoms with Gasteiger partial charge in [-0.1, -0.05) is 13.8 Å². The molecule has 1 amide bonds. The van der Waals surface area contributed by atoms with Crippen LogP contribution in [0.15, 0.2) is 28.1 Å². The van der Waals surface area contributed by atoms with Gasteiger partial charge in [0.1, 0.15) is 10.8 Å². The Hall–Kier alpha value is -1.86. The number of benzene rings is 1. The average molecular weight is 440 g/mol. The highest BCUT2D eigenvalue weighted by Crippen LogP contribution is 2.39. The van der Waals surface area contributed by atoms with Gasteiger partial charge in [0.25, 0.3) is 5.91 Å². The number of rotatable bonds is 7. The van der Waals surface area contributed by atoms with Crippen molar-refractivity contribution in [1.82, 2.24) is 0 Å². The molecule has 1 aromatic heterocycles. The first kappa shape index (κ1) is 20.5. The molecule has 0 fully saturated rings. The number of thiophene rings is 1. The Labute approximate surface area is 165 Å². The Balaban J connectivity index is 2.34. The monoisotopic (exact) mass is 439 g/mol. The van der Waals surface area contributed by atoms with Crippen molar-refractivity contribution in [2.45, 2.75) is 27.2 Å². The maximum absolute atomic E-state index is 12.6. The van der Waals surface area contributed by atoms with Gasteiger partial charge < -0.3 is 14.8 Å². The molecule has 140 valence electrons. The van der Waals surface area contributed by atoms with Gasteiger partial charge in [-0.3, -0.25) is 4.79 Å². The molecule has 0 bridgehead atoms. The predicted molar refractivity (Wildman–Crippen MR) is 107 cm³/mol. The molecule has 2 rings (SSSR count). The number of halogens is 1. The van der Waals surface area contributed by atoms with Crippen LogP contribution in [0.1, 0.15) is 47.1 Å². The third kappa shape index (κ3) is 4.86. The molecule has 7 heteroatoms. The largest absolute Gasteiger partial charge is 0.497 e. The number of hydrogen-bond donors (Lipinski definition) is 1. The van der Waals surface area contributed by atoms with Crippen LogP contribution in [-0.4, -0.2) is 25.6 Å². The van der Waals surface area contributed by atoms with Gasteiger partial charge >= 0.3 is 5.97 Å². The number of carbonyl (C=O) groups is 2. The minimum atomic E-state index is -0.421. The molecule has 1 N–H and O–H groups in total. The second kappa shape index (κ2) is 9.19. The van der Waals surface area contributed by atoms with Gasteiger partial charge in [-0.05, 0) is 65.0 Å². The van der Waals surface area contributed by atoms with Crippen molar-refractivity contribution < 1.29 is 19.1 Å². The molecular formula is C19H22BrNO4S. The molecule has 0 spiro atoms. The third-order valence-corrected chi connectivity index (χ3v) is 5.53. The summed E-state index contributed by atoms with van der Waals surface area (Å²) < 4.78 is 11.1. The Bertz CT molecular complexity index is 784. The van der Waals surface area contributed by atoms with Crippen molar-refractivity contribution in [2.24, 2.45) is 5.92 Å². The van der Waals surface area contributed by atoms with Gasteiger partial charge in [0.05, 0.1) is 23.1 Å². The molecule has 0 aliphatic carbocycles. The van der Waals surface area contributed by atoms with E-state index in [0.717, 1.165) is 9.35 Å². The smallest absolute Gasteiger partial charge is 0.341 e. The number of hydrogen-bond acceptors (Lipinski definition) is 5. The zero-order valence-corrected chi connectivity index (χ0v) is 17.6. The van der Waals surface area contributed by atoms with Gasteiger partial charge in [0.15, 0.2) is 0 Å². The van der Waals surface area contributed by atoms with Gasteiger partial charge in [-0.25, -0.2) is 4.79 Å². The van der Waals surface area contributed by atoms with Crippen LogP contribution in [0.25, 0.3) is 0 Å². The van der Waals surface area contributed by atoms with Gasteiger partial charge in [-0.15, -0.1) is 11.3 Å². The lowest BCUT2D eigenvalue weighted by atomic mass is 10.0. The van der Waals surface area contributed by atoms with E-state index in [2.05, 4.69) is 35.1 Å². The average Bonchev–Trinajstić information content (AvgIpc) is 2.89. The van der Waals surface area contributed by atoms with Crippen LogP contribution in [0, 0.1) is 5.92 Å². The summed E-state index contributed by atoms with van der Waals surface area (Å²) in [5.74, 6) is 0.323. The lowest BCUT2D eigenvalue weighted by molar-refractivity contribution is 0.0526. The van der Waals surface area contributed by atoms with Crippen LogP contribution in [0.4, 0.5) is 5.00 Å². The molecule has 26 heavy (non-hydrogen) atoms. The van der Waals surface area contributed by atoms with Crippen molar-refractivity contribution in [1.29, 1.82) is 0 Å². The first-order valence-corrected chi connectivity index (χ1v) is 9.92. The van der Waals surface area contributed by atoms with E-state index >= 15 is 0 Å². The molecule has 1 aromatic carbocycles. The van der Waals surface area contributed by atoms with Crippen LogP contribution in [0.3, 0.4) is 0 Å². The van der Waals surface area contributed by atoms with E-state index in [1.54, 1.807) is 38.3 Å². The lowest BCUT2D eigenvalue weighted by Crippen LogP contribution is -2.15. The van der Waals surface area contributed by atoms with Gasteiger partial charge in [0.2, 0.25) is 0 Å². The molecule has 0 unspecified atom stereocenters. The number of ether oxygens (including phenoxy) is 2. The van der Waals surface area contributed by atoms with Crippen LogP contribution in [-0.2, 0) is 11.2 Å². The summed E-state index contributed by atoms with van der Waals surface area (Å²) in [6.45, 7) is 6.19. The van der Waals surface area contributed by atoms with E-state index in [4.69, 9.17) is 9.47 Å². The highest BCUT2D eigenvalue weighted by Gasteiger charge is 2.25. The minimum Gasteiger partial charge on any atom is -0.497 e. The summed E-state index contributed by atoms with van der Waals surface area (Å²) in [5, 5.41) is 3.34. The maximum Gasteiger partial charge on any atom is 0.341 e. The van der Waals surface area contributed by atoms with Crippen molar-refractivity contribution in [3.8, 4) is 5.75 Å². The van der Waals surface area contributed by atoms with E-state index in [1.165, 1.54) is 11.3 Å². The first-order chi connectivity index (χ1) is 12.4. The molecule has 0 atom stereocenters. The molecule has 2 aromatic rings. The molecule has 0 saturated heterocycles. The lowest BCUT2D eigenvalue weighted by Gasteiger charge is -2.10. The van der Waals surface area contributed by atoms with Crippen LogP contribution in [0.2, 0.25) is 0 Å². The highest BCUT2D eigenvalue weighted by atomic mass is 79.9. The molecule has 1 heterocycles. The van der Waals surface area contributed by atoms with Gasteiger partial charge in [-0.2, -0.15) is 0 Å². The summed E-state index contributed by atoms with van der Waals surface area (Å²) >= 11 is 4.85. The molecule has 0 aliphatic rings. The summed E-state index contributed by atoms with van der Waals surface area (Å²) in [5.41, 5.74) is 1.78. The van der Waals surface area contributed by atoms with Gasteiger partial charge in [0, 0.05) is 5.56 Å². The maximum atomic E-state index is 12.6. The Morgan fingerprint density at radius 3 is 2.42 bits per heavy atom. The standard InChI is InChI=1S/C19H22BrNO4S/c1-5-25-19(23)15-14(10-11(2)3)16(20)26-18(15)21-17(22)12-6-8-13(24-4)9-7-12/h6-9,11H,5,10H2,1-4H3,(H,21,22). The van der Waals surface area contributed by atoms with Crippen LogP contribution >= 0.6 is 27.3 Å². The van der Waals surface area contributed by atoms with Crippen LogP contribution in [0.5, 0.6) is 5.75 Å². The second-order valence-corrected chi connectivity index (χ2v) is 8.40. The number of esters is 1. The normalized spacial score (nSPS) is 10.7. The summed E-state index contributed by atoms with van der Waals surface area (Å²) in [6.07, 6.45) is 0.712. The topological polar surface area (TPSA) is 64.6 Å². The molecular weight excluding hydrogens is 418 g/mol. The Morgan fingerprint density at radius 1 is 1.23 bits per heavy atom. The van der Waals surface area contributed by atoms with E-state index in [-0.39, 0.29) is 12.5 Å². The summed E-state index contributed by atoms with van der Waals surface area (Å²) in [4.78, 5) is 25.1. The zero-order chi connectivity index (χ0) is 19.3. The third-order valence-electron chi connectivity index (χ3n) is 3.63. The van der Waals surface area contributed by atoms with E-state index in [0.29, 0.717) is 34.2 Å². The zero-order valence-electron chi connectivity index (χ0n) is 15.2. The minimum absolute atomic E-state index is 0.277. The Kier molecular flexibility index (Phi) is 7.23. The molecule has 0 saturated carbocycles. The Morgan fingerprint density at radius 2 is 1.88 bits per heavy atom. The number of anilines is 1. The fourth-order valence-electron chi connectivity index (χ4n) is 2.45. The van der Waals surface area contributed by atoms with Crippen molar-refractivity contribution in [2.75, 3.05) is 19.0 Å². The molecule has 0 aliphatic heterocycles. The van der Waals surface area contributed by atoms with Crippen molar-refractivity contribution >= 4 is 44.1 Å². The summed E-state index contributed by atoms with van der Waals surface area (Å²) in [7, 11) is 1.57. The van der Waals surface area contributed by atoms with Crippen molar-refractivity contribution in [3.63, 3.8) is 0 Å². The summed E-state index contributed by atoms with van der Waals surface area (Å²) in [6, 6.07) is 6.79. The van der Waals surface area contributed by atoms with Crippen molar-refractivity contribution in [3.05, 3.63) is 44.7 Å². The number of amides is 1. The fraction of sp³-hybridized carbons (Fsp3) is 0.368. The quantitative estimate of drug-likeness (QED) is 0.605. The second-order valence-electron chi connectivity index (χ2n) is 6.06. The number of methoxy groups -OCH3 is 1. The number of nitrogens with one attached hydrogen (secondary N) is 1. The highest BCUT2D eigenvalue weighted by molar-refractivity contribution is 9.11.